The second kappa shape index (κ2) is 6.23. The van der Waals surface area contributed by atoms with Gasteiger partial charge in [0.1, 0.15) is 0 Å². The molecule has 0 saturated carbocycles. The van der Waals surface area contributed by atoms with Gasteiger partial charge in [0, 0.05) is 14.7 Å². The zero-order valence-electron chi connectivity index (χ0n) is 10.2. The number of nitrogens with two attached hydrogens (primary N) is 1. The Kier molecular flexibility index (Phi) is 4.61. The average Bonchev–Trinajstić information content (AvgIpc) is 2.41. The number of carbonyl (C=O) groups excluding carboxylic acids is 2. The molecule has 0 heterocycles. The number of anilines is 1. The topological polar surface area (TPSA) is 72.2 Å². The van der Waals surface area contributed by atoms with Gasteiger partial charge in [0.05, 0.1) is 10.7 Å². The molecule has 0 unspecified atom stereocenters. The van der Waals surface area contributed by atoms with Gasteiger partial charge >= 0.3 is 0 Å². The number of benzene rings is 2. The maximum absolute atomic E-state index is 12.1. The minimum absolute atomic E-state index is 0.285. The number of carbonyl (C=O) groups is 2. The lowest BCUT2D eigenvalue weighted by molar-refractivity contribution is 0.0996. The molecule has 0 aromatic heterocycles. The summed E-state index contributed by atoms with van der Waals surface area (Å²) in [5, 5.41) is 3.01. The van der Waals surface area contributed by atoms with Gasteiger partial charge in [-0.1, -0.05) is 17.7 Å². The van der Waals surface area contributed by atoms with E-state index in [0.717, 1.165) is 3.57 Å². The van der Waals surface area contributed by atoms with Gasteiger partial charge in [-0.3, -0.25) is 9.59 Å². The second-order valence-corrected chi connectivity index (χ2v) is 5.68. The first-order valence-corrected chi connectivity index (χ1v) is 7.09. The lowest BCUT2D eigenvalue weighted by Gasteiger charge is -2.08. The van der Waals surface area contributed by atoms with Crippen LogP contribution >= 0.6 is 34.2 Å². The highest BCUT2D eigenvalue weighted by atomic mass is 127. The highest BCUT2D eigenvalue weighted by molar-refractivity contribution is 14.1. The zero-order valence-corrected chi connectivity index (χ0v) is 13.1. The molecule has 2 aromatic rings. The second-order valence-electron chi connectivity index (χ2n) is 4.02. The van der Waals surface area contributed by atoms with Crippen molar-refractivity contribution in [2.45, 2.75) is 0 Å². The fourth-order valence-electron chi connectivity index (χ4n) is 1.60. The van der Waals surface area contributed by atoms with E-state index in [2.05, 4.69) is 27.9 Å². The first kappa shape index (κ1) is 14.8. The predicted molar refractivity (Wildman–Crippen MR) is 87.1 cm³/mol. The van der Waals surface area contributed by atoms with E-state index >= 15 is 0 Å². The number of amides is 2. The van der Waals surface area contributed by atoms with E-state index in [1.165, 1.54) is 18.2 Å². The van der Waals surface area contributed by atoms with E-state index in [0.29, 0.717) is 16.3 Å². The van der Waals surface area contributed by atoms with Gasteiger partial charge in [-0.15, -0.1) is 0 Å². The lowest BCUT2D eigenvalue weighted by Crippen LogP contribution is -2.15. The third kappa shape index (κ3) is 3.49. The lowest BCUT2D eigenvalue weighted by atomic mass is 10.1. The van der Waals surface area contributed by atoms with E-state index in [4.69, 9.17) is 17.3 Å². The highest BCUT2D eigenvalue weighted by Gasteiger charge is 2.11. The summed E-state index contributed by atoms with van der Waals surface area (Å²) < 4.78 is 0.951. The largest absolute Gasteiger partial charge is 0.366 e. The van der Waals surface area contributed by atoms with E-state index in [9.17, 15) is 9.59 Å². The van der Waals surface area contributed by atoms with Crippen LogP contribution in [-0.4, -0.2) is 11.8 Å². The smallest absolute Gasteiger partial charge is 0.255 e. The third-order valence-electron chi connectivity index (χ3n) is 2.59. The van der Waals surface area contributed by atoms with E-state index in [1.807, 2.05) is 6.07 Å². The summed E-state index contributed by atoms with van der Waals surface area (Å²) in [5.74, 6) is -0.876. The van der Waals surface area contributed by atoms with Crippen molar-refractivity contribution in [3.8, 4) is 0 Å². The highest BCUT2D eigenvalue weighted by Crippen LogP contribution is 2.23. The maximum atomic E-state index is 12.1. The number of hydrogen-bond acceptors (Lipinski definition) is 2. The molecule has 0 aliphatic carbocycles. The van der Waals surface area contributed by atoms with Crippen LogP contribution < -0.4 is 11.1 Å². The minimum atomic E-state index is -0.577. The van der Waals surface area contributed by atoms with Gasteiger partial charge < -0.3 is 11.1 Å². The molecule has 6 heteroatoms. The number of rotatable bonds is 3. The Labute approximate surface area is 134 Å². The van der Waals surface area contributed by atoms with Crippen LogP contribution in [0.3, 0.4) is 0 Å². The van der Waals surface area contributed by atoms with Crippen LogP contribution in [0.5, 0.6) is 0 Å². The molecule has 0 radical (unpaired) electrons. The molecule has 2 aromatic carbocycles. The Morgan fingerprint density at radius 3 is 2.50 bits per heavy atom. The number of primary amides is 1. The van der Waals surface area contributed by atoms with E-state index in [-0.39, 0.29) is 11.5 Å². The first-order chi connectivity index (χ1) is 9.47. The van der Waals surface area contributed by atoms with Crippen molar-refractivity contribution in [3.05, 3.63) is 62.2 Å². The summed E-state index contributed by atoms with van der Waals surface area (Å²) in [6, 6.07) is 11.6. The normalized spacial score (nSPS) is 10.1. The van der Waals surface area contributed by atoms with Crippen molar-refractivity contribution in [3.63, 3.8) is 0 Å². The third-order valence-corrected chi connectivity index (χ3v) is 3.59. The molecule has 0 fully saturated rings. The maximum Gasteiger partial charge on any atom is 0.255 e. The zero-order chi connectivity index (χ0) is 14.7. The van der Waals surface area contributed by atoms with Gasteiger partial charge in [-0.25, -0.2) is 0 Å². The fraction of sp³-hybridized carbons (Fsp3) is 0. The van der Waals surface area contributed by atoms with Crippen molar-refractivity contribution in [1.29, 1.82) is 0 Å². The Morgan fingerprint density at radius 2 is 1.85 bits per heavy atom. The molecule has 0 aliphatic heterocycles. The van der Waals surface area contributed by atoms with Crippen LogP contribution in [0.2, 0.25) is 5.02 Å². The Balaban J connectivity index is 2.27. The van der Waals surface area contributed by atoms with Crippen LogP contribution in [0, 0.1) is 3.57 Å². The molecule has 2 rings (SSSR count). The van der Waals surface area contributed by atoms with Crippen molar-refractivity contribution in [2.75, 3.05) is 5.32 Å². The molecule has 4 nitrogen and oxygen atoms in total. The van der Waals surface area contributed by atoms with Crippen LogP contribution in [0.1, 0.15) is 20.7 Å². The van der Waals surface area contributed by atoms with E-state index in [1.54, 1.807) is 18.2 Å². The molecule has 0 saturated heterocycles. The summed E-state index contributed by atoms with van der Waals surface area (Å²) in [6.45, 7) is 0. The number of halogens is 2. The Hall–Kier alpha value is -1.60. The van der Waals surface area contributed by atoms with Crippen molar-refractivity contribution in [1.82, 2.24) is 0 Å². The van der Waals surface area contributed by atoms with Crippen molar-refractivity contribution >= 4 is 51.7 Å². The SMILES string of the molecule is NC(=O)c1ccc(Cl)c(NC(=O)c2cccc(I)c2)c1. The molecular formula is C14H10ClIN2O2. The molecule has 0 spiro atoms. The predicted octanol–water partition coefficient (Wildman–Crippen LogP) is 3.30. The number of nitrogens with one attached hydrogen (secondary N) is 1. The van der Waals surface area contributed by atoms with Crippen molar-refractivity contribution < 1.29 is 9.59 Å². The molecule has 102 valence electrons. The van der Waals surface area contributed by atoms with E-state index < -0.39 is 5.91 Å². The summed E-state index contributed by atoms with van der Waals surface area (Å²) in [6.07, 6.45) is 0. The molecular weight excluding hydrogens is 391 g/mol. The standard InChI is InChI=1S/C14H10ClIN2O2/c15-11-5-4-8(13(17)19)7-12(11)18-14(20)9-2-1-3-10(16)6-9/h1-7H,(H2,17,19)(H,18,20). The van der Waals surface area contributed by atoms with Gasteiger partial charge in [0.25, 0.3) is 5.91 Å². The van der Waals surface area contributed by atoms with Gasteiger partial charge in [-0.2, -0.15) is 0 Å². The van der Waals surface area contributed by atoms with Gasteiger partial charge in [-0.05, 0) is 59.0 Å². The Bertz CT molecular complexity index is 689. The van der Waals surface area contributed by atoms with Crippen LogP contribution in [0.4, 0.5) is 5.69 Å². The molecule has 0 atom stereocenters. The summed E-state index contributed by atoms with van der Waals surface area (Å²) in [4.78, 5) is 23.2. The van der Waals surface area contributed by atoms with Crippen LogP contribution in [-0.2, 0) is 0 Å². The monoisotopic (exact) mass is 400 g/mol. The summed E-state index contributed by atoms with van der Waals surface area (Å²) in [5.41, 5.74) is 6.35. The van der Waals surface area contributed by atoms with Crippen LogP contribution in [0.25, 0.3) is 0 Å². The van der Waals surface area contributed by atoms with Gasteiger partial charge in [0.15, 0.2) is 0 Å². The molecule has 0 aliphatic rings. The molecule has 0 bridgehead atoms. The Morgan fingerprint density at radius 1 is 1.10 bits per heavy atom. The minimum Gasteiger partial charge on any atom is -0.366 e. The van der Waals surface area contributed by atoms with Crippen LogP contribution in [0.15, 0.2) is 42.5 Å². The molecule has 2 amide bonds. The molecule has 3 N–H and O–H groups in total. The first-order valence-electron chi connectivity index (χ1n) is 5.63. The molecule has 20 heavy (non-hydrogen) atoms. The quantitative estimate of drug-likeness (QED) is 0.776. The number of hydrogen-bond donors (Lipinski definition) is 2. The summed E-state index contributed by atoms with van der Waals surface area (Å²) in [7, 11) is 0. The summed E-state index contributed by atoms with van der Waals surface area (Å²) >= 11 is 8.12. The fourth-order valence-corrected chi connectivity index (χ4v) is 2.31. The average molecular weight is 401 g/mol. The van der Waals surface area contributed by atoms with Crippen molar-refractivity contribution in [2.24, 2.45) is 5.73 Å². The van der Waals surface area contributed by atoms with Gasteiger partial charge in [0.2, 0.25) is 5.91 Å².